The molecule has 0 saturated heterocycles. The van der Waals surface area contributed by atoms with Crippen molar-refractivity contribution in [3.05, 3.63) is 84.2 Å². The number of hydrogen-bond acceptors (Lipinski definition) is 4. The van der Waals surface area contributed by atoms with E-state index in [4.69, 9.17) is 5.11 Å². The maximum absolute atomic E-state index is 9.68. The Labute approximate surface area is 141 Å². The fourth-order valence-electron chi connectivity index (χ4n) is 2.60. The van der Waals surface area contributed by atoms with E-state index in [0.717, 1.165) is 27.9 Å². The van der Waals surface area contributed by atoms with Crippen LogP contribution < -0.4 is 5.32 Å². The van der Waals surface area contributed by atoms with Crippen LogP contribution in [0.2, 0.25) is 0 Å². The number of aliphatic hydroxyl groups is 2. The largest absolute Gasteiger partial charge is 0.394 e. The normalized spacial score (nSPS) is 11.9. The molecule has 3 N–H and O–H groups in total. The molecule has 1 heterocycles. The van der Waals surface area contributed by atoms with Gasteiger partial charge in [-0.05, 0) is 22.8 Å². The molecule has 0 saturated carbocycles. The molecule has 24 heavy (non-hydrogen) atoms. The molecule has 0 aliphatic rings. The number of aliphatic hydroxyl groups excluding tert-OH is 2. The number of pyridine rings is 1. The van der Waals surface area contributed by atoms with E-state index >= 15 is 0 Å². The van der Waals surface area contributed by atoms with Gasteiger partial charge in [-0.3, -0.25) is 4.98 Å². The average Bonchev–Trinajstić information content (AvgIpc) is 2.67. The van der Waals surface area contributed by atoms with Crippen molar-refractivity contribution in [1.29, 1.82) is 0 Å². The fourth-order valence-corrected chi connectivity index (χ4v) is 2.60. The van der Waals surface area contributed by atoms with Gasteiger partial charge in [-0.15, -0.1) is 0 Å². The van der Waals surface area contributed by atoms with Gasteiger partial charge in [0.05, 0.1) is 24.9 Å². The Morgan fingerprint density at radius 2 is 1.62 bits per heavy atom. The summed E-state index contributed by atoms with van der Waals surface area (Å²) >= 11 is 0. The number of hydrogen-bond donors (Lipinski definition) is 3. The summed E-state index contributed by atoms with van der Waals surface area (Å²) in [5, 5.41) is 22.1. The highest BCUT2D eigenvalue weighted by Crippen LogP contribution is 2.24. The summed E-state index contributed by atoms with van der Waals surface area (Å²) in [5.41, 5.74) is 4.77. The first-order valence-corrected chi connectivity index (χ1v) is 7.87. The molecule has 0 aliphatic heterocycles. The van der Waals surface area contributed by atoms with Gasteiger partial charge in [-0.1, -0.05) is 54.6 Å². The third-order valence-corrected chi connectivity index (χ3v) is 3.93. The summed E-state index contributed by atoms with van der Waals surface area (Å²) in [6.07, 6.45) is 3.55. The minimum Gasteiger partial charge on any atom is -0.394 e. The number of nitrogens with zero attached hydrogens (tertiary/aromatic N) is 1. The zero-order valence-electron chi connectivity index (χ0n) is 13.3. The van der Waals surface area contributed by atoms with E-state index in [9.17, 15) is 5.11 Å². The molecule has 2 aromatic carbocycles. The van der Waals surface area contributed by atoms with E-state index < -0.39 is 0 Å². The van der Waals surface area contributed by atoms with Gasteiger partial charge in [0, 0.05) is 18.0 Å². The molecule has 0 spiro atoms. The number of aromatic nitrogens is 1. The van der Waals surface area contributed by atoms with E-state index in [-0.39, 0.29) is 19.3 Å². The minimum absolute atomic E-state index is 0.000558. The van der Waals surface area contributed by atoms with Crippen molar-refractivity contribution in [2.45, 2.75) is 12.6 Å². The first kappa shape index (κ1) is 16.2. The number of anilines is 1. The third kappa shape index (κ3) is 3.79. The first-order valence-electron chi connectivity index (χ1n) is 7.87. The molecule has 3 rings (SSSR count). The zero-order valence-corrected chi connectivity index (χ0v) is 13.3. The van der Waals surface area contributed by atoms with Crippen LogP contribution >= 0.6 is 0 Å². The summed E-state index contributed by atoms with van der Waals surface area (Å²) in [7, 11) is 0. The molecular weight excluding hydrogens is 300 g/mol. The van der Waals surface area contributed by atoms with Crippen LogP contribution in [0.25, 0.3) is 11.1 Å². The van der Waals surface area contributed by atoms with Gasteiger partial charge in [0.1, 0.15) is 0 Å². The maximum Gasteiger partial charge on any atom is 0.0745 e. The molecular formula is C20H20N2O2. The van der Waals surface area contributed by atoms with Crippen molar-refractivity contribution in [2.75, 3.05) is 11.9 Å². The lowest BCUT2D eigenvalue weighted by Crippen LogP contribution is -2.14. The topological polar surface area (TPSA) is 65.4 Å². The van der Waals surface area contributed by atoms with Gasteiger partial charge in [0.2, 0.25) is 0 Å². The lowest BCUT2D eigenvalue weighted by Gasteiger charge is -2.18. The lowest BCUT2D eigenvalue weighted by molar-refractivity contribution is 0.276. The quantitative estimate of drug-likeness (QED) is 0.651. The predicted molar refractivity (Wildman–Crippen MR) is 95.5 cm³/mol. The van der Waals surface area contributed by atoms with E-state index in [0.29, 0.717) is 0 Å². The molecule has 0 amide bonds. The Hall–Kier alpha value is -2.69. The van der Waals surface area contributed by atoms with E-state index in [1.807, 2.05) is 60.7 Å². The molecule has 3 aromatic rings. The molecule has 4 nitrogen and oxygen atoms in total. The zero-order chi connectivity index (χ0) is 16.8. The van der Waals surface area contributed by atoms with Gasteiger partial charge >= 0.3 is 0 Å². The van der Waals surface area contributed by atoms with E-state index in [2.05, 4.69) is 10.3 Å². The van der Waals surface area contributed by atoms with Crippen molar-refractivity contribution in [1.82, 2.24) is 4.98 Å². The highest BCUT2D eigenvalue weighted by Gasteiger charge is 2.10. The molecule has 122 valence electrons. The van der Waals surface area contributed by atoms with Crippen LogP contribution in [-0.2, 0) is 6.61 Å². The van der Waals surface area contributed by atoms with Crippen molar-refractivity contribution >= 4 is 5.69 Å². The van der Waals surface area contributed by atoms with Gasteiger partial charge in [-0.25, -0.2) is 0 Å². The molecule has 0 bridgehead atoms. The second-order valence-corrected chi connectivity index (χ2v) is 5.61. The summed E-state index contributed by atoms with van der Waals surface area (Å²) < 4.78 is 0. The highest BCUT2D eigenvalue weighted by molar-refractivity contribution is 5.67. The van der Waals surface area contributed by atoms with Crippen LogP contribution in [0.15, 0.2) is 73.1 Å². The van der Waals surface area contributed by atoms with Crippen molar-refractivity contribution in [2.24, 2.45) is 0 Å². The standard InChI is InChI=1S/C20H20N2O2/c23-13-15-6-8-16(9-7-15)18-10-19(12-21-11-18)22-20(14-24)17-4-2-1-3-5-17/h1-12,20,22-24H,13-14H2. The Morgan fingerprint density at radius 3 is 2.29 bits per heavy atom. The third-order valence-electron chi connectivity index (χ3n) is 3.93. The second kappa shape index (κ2) is 7.73. The van der Waals surface area contributed by atoms with Crippen LogP contribution in [0.3, 0.4) is 0 Å². The molecule has 1 atom stereocenters. The summed E-state index contributed by atoms with van der Waals surface area (Å²) in [6.45, 7) is 0.0365. The maximum atomic E-state index is 9.68. The van der Waals surface area contributed by atoms with Crippen molar-refractivity contribution < 1.29 is 10.2 Å². The number of benzene rings is 2. The van der Waals surface area contributed by atoms with Crippen LogP contribution in [0.4, 0.5) is 5.69 Å². The monoisotopic (exact) mass is 320 g/mol. The van der Waals surface area contributed by atoms with E-state index in [1.54, 1.807) is 12.4 Å². The van der Waals surface area contributed by atoms with Gasteiger partial charge in [-0.2, -0.15) is 0 Å². The number of rotatable bonds is 6. The van der Waals surface area contributed by atoms with Gasteiger partial charge < -0.3 is 15.5 Å². The van der Waals surface area contributed by atoms with Crippen molar-refractivity contribution in [3.8, 4) is 11.1 Å². The van der Waals surface area contributed by atoms with Crippen LogP contribution in [0, 0.1) is 0 Å². The van der Waals surface area contributed by atoms with Crippen LogP contribution in [0.1, 0.15) is 17.2 Å². The molecule has 0 aliphatic carbocycles. The summed E-state index contributed by atoms with van der Waals surface area (Å²) in [6, 6.07) is 19.4. The molecule has 1 aromatic heterocycles. The Balaban J connectivity index is 1.81. The molecule has 1 unspecified atom stereocenters. The molecule has 0 radical (unpaired) electrons. The molecule has 4 heteroatoms. The van der Waals surface area contributed by atoms with Gasteiger partial charge in [0.15, 0.2) is 0 Å². The molecule has 0 fully saturated rings. The van der Waals surface area contributed by atoms with Crippen LogP contribution in [0.5, 0.6) is 0 Å². The first-order chi connectivity index (χ1) is 11.8. The predicted octanol–water partition coefficient (Wildman–Crippen LogP) is 3.39. The summed E-state index contributed by atoms with van der Waals surface area (Å²) in [5.74, 6) is 0. The van der Waals surface area contributed by atoms with E-state index in [1.165, 1.54) is 0 Å². The minimum atomic E-state index is -0.181. The fraction of sp³-hybridized carbons (Fsp3) is 0.150. The van der Waals surface area contributed by atoms with Crippen LogP contribution in [-0.4, -0.2) is 21.8 Å². The second-order valence-electron chi connectivity index (χ2n) is 5.61. The number of nitrogens with one attached hydrogen (secondary N) is 1. The highest BCUT2D eigenvalue weighted by atomic mass is 16.3. The smallest absolute Gasteiger partial charge is 0.0745 e. The summed E-state index contributed by atoms with van der Waals surface area (Å²) in [4.78, 5) is 4.29. The SMILES string of the molecule is OCc1ccc(-c2cncc(NC(CO)c3ccccc3)c2)cc1. The van der Waals surface area contributed by atoms with Crippen molar-refractivity contribution in [3.63, 3.8) is 0 Å². The average molecular weight is 320 g/mol. The Kier molecular flexibility index (Phi) is 5.21. The van der Waals surface area contributed by atoms with Gasteiger partial charge in [0.25, 0.3) is 0 Å². The Bertz CT molecular complexity index is 773. The lowest BCUT2D eigenvalue weighted by atomic mass is 10.0. The Morgan fingerprint density at radius 1 is 0.875 bits per heavy atom.